The fourth-order valence-corrected chi connectivity index (χ4v) is 5.91. The third-order valence-corrected chi connectivity index (χ3v) is 8.09. The molecular formula is C27H25ClFN5O. The molecule has 3 aliphatic rings. The van der Waals surface area contributed by atoms with Crippen LogP contribution in [0.1, 0.15) is 56.6 Å². The minimum absolute atomic E-state index is 0.0633. The van der Waals surface area contributed by atoms with E-state index in [1.54, 1.807) is 12.3 Å². The van der Waals surface area contributed by atoms with Gasteiger partial charge in [-0.2, -0.15) is 0 Å². The second-order valence-electron chi connectivity index (χ2n) is 10.1. The first-order valence-corrected chi connectivity index (χ1v) is 12.6. The number of rotatable bonds is 4. The van der Waals surface area contributed by atoms with Gasteiger partial charge in [-0.05, 0) is 55.7 Å². The Morgan fingerprint density at radius 3 is 2.60 bits per heavy atom. The summed E-state index contributed by atoms with van der Waals surface area (Å²) < 4.78 is 16.0. The van der Waals surface area contributed by atoms with Crippen LogP contribution in [0.2, 0.25) is 5.02 Å². The summed E-state index contributed by atoms with van der Waals surface area (Å²) in [5.74, 6) is 0.572. The molecule has 1 aromatic carbocycles. The molecule has 1 aliphatic heterocycles. The third-order valence-electron chi connectivity index (χ3n) is 7.76. The van der Waals surface area contributed by atoms with Crippen molar-refractivity contribution in [3.8, 4) is 17.1 Å². The normalized spacial score (nSPS) is 18.8. The van der Waals surface area contributed by atoms with Gasteiger partial charge in [-0.1, -0.05) is 36.6 Å². The lowest BCUT2D eigenvalue weighted by molar-refractivity contribution is 0.340. The lowest BCUT2D eigenvalue weighted by atomic mass is 9.86. The van der Waals surface area contributed by atoms with Crippen molar-refractivity contribution < 1.29 is 4.39 Å². The fourth-order valence-electron chi connectivity index (χ4n) is 5.67. The van der Waals surface area contributed by atoms with E-state index in [2.05, 4.69) is 14.7 Å². The van der Waals surface area contributed by atoms with E-state index in [4.69, 9.17) is 23.2 Å². The highest BCUT2D eigenvalue weighted by Gasteiger charge is 2.41. The third kappa shape index (κ3) is 3.90. The highest BCUT2D eigenvalue weighted by molar-refractivity contribution is 6.32. The molecule has 6 nitrogen and oxygen atoms in total. The van der Waals surface area contributed by atoms with Crippen molar-refractivity contribution in [3.05, 3.63) is 74.8 Å². The van der Waals surface area contributed by atoms with E-state index < -0.39 is 11.4 Å². The van der Waals surface area contributed by atoms with Gasteiger partial charge in [0, 0.05) is 30.3 Å². The Hall–Kier alpha value is -3.24. The molecule has 8 heteroatoms. The van der Waals surface area contributed by atoms with Crippen LogP contribution in [0, 0.1) is 17.8 Å². The maximum atomic E-state index is 14.6. The van der Waals surface area contributed by atoms with Crippen LogP contribution in [0.4, 0.5) is 15.9 Å². The van der Waals surface area contributed by atoms with Gasteiger partial charge in [-0.15, -0.1) is 0 Å². The molecule has 1 spiro atoms. The van der Waals surface area contributed by atoms with Gasteiger partial charge in [-0.25, -0.2) is 14.2 Å². The van der Waals surface area contributed by atoms with Crippen molar-refractivity contribution in [2.45, 2.75) is 50.9 Å². The van der Waals surface area contributed by atoms with Crippen molar-refractivity contribution in [2.75, 3.05) is 18.0 Å². The molecule has 35 heavy (non-hydrogen) atoms. The summed E-state index contributed by atoms with van der Waals surface area (Å²) in [5, 5.41) is 0.0633. The summed E-state index contributed by atoms with van der Waals surface area (Å²) in [5.41, 5.74) is 1.73. The highest BCUT2D eigenvalue weighted by Crippen LogP contribution is 2.47. The zero-order valence-electron chi connectivity index (χ0n) is 19.3. The standard InChI is InChI=1S/C27H25ClFN5O/c1-30-22-8-6-18(14-20(22)29)24-32-25(33-13-12-27(16-33)10-2-3-11-27)23(28)26(35)34(24)19-7-9-21(31-15-19)17-4-5-17/h6-9,14-15,17H,2-5,10-13,16H2. The molecule has 1 saturated heterocycles. The zero-order valence-corrected chi connectivity index (χ0v) is 20.1. The number of halogens is 2. The van der Waals surface area contributed by atoms with Crippen LogP contribution in [-0.2, 0) is 0 Å². The molecule has 0 radical (unpaired) electrons. The fraction of sp³-hybridized carbons (Fsp3) is 0.407. The average molecular weight is 490 g/mol. The highest BCUT2D eigenvalue weighted by atomic mass is 35.5. The molecule has 2 aromatic heterocycles. The monoisotopic (exact) mass is 489 g/mol. The van der Waals surface area contributed by atoms with E-state index in [-0.39, 0.29) is 21.9 Å². The first-order chi connectivity index (χ1) is 17.0. The van der Waals surface area contributed by atoms with Crippen LogP contribution in [0.5, 0.6) is 0 Å². The molecule has 0 amide bonds. The molecule has 0 atom stereocenters. The lowest BCUT2D eigenvalue weighted by Crippen LogP contribution is -2.30. The van der Waals surface area contributed by atoms with Crippen LogP contribution in [0.15, 0.2) is 41.3 Å². The molecule has 2 aliphatic carbocycles. The summed E-state index contributed by atoms with van der Waals surface area (Å²) in [7, 11) is 0. The Labute approximate surface area is 208 Å². The Kier molecular flexibility index (Phi) is 5.37. The minimum Gasteiger partial charge on any atom is -0.355 e. The smallest absolute Gasteiger partial charge is 0.279 e. The molecule has 0 bridgehead atoms. The van der Waals surface area contributed by atoms with Gasteiger partial charge in [0.2, 0.25) is 5.69 Å². The molecule has 178 valence electrons. The summed E-state index contributed by atoms with van der Waals surface area (Å²) >= 11 is 6.68. The van der Waals surface area contributed by atoms with E-state index in [0.29, 0.717) is 23.0 Å². The first kappa shape index (κ1) is 22.2. The predicted molar refractivity (Wildman–Crippen MR) is 134 cm³/mol. The van der Waals surface area contributed by atoms with Crippen LogP contribution in [0.3, 0.4) is 0 Å². The Morgan fingerprint density at radius 2 is 1.94 bits per heavy atom. The minimum atomic E-state index is -0.650. The number of nitrogens with zero attached hydrogens (tertiary/aromatic N) is 5. The zero-order chi connectivity index (χ0) is 24.2. The van der Waals surface area contributed by atoms with Crippen molar-refractivity contribution in [2.24, 2.45) is 5.41 Å². The molecule has 0 N–H and O–H groups in total. The van der Waals surface area contributed by atoms with Gasteiger partial charge in [0.1, 0.15) is 16.7 Å². The Balaban J connectivity index is 1.50. The van der Waals surface area contributed by atoms with Gasteiger partial charge in [-0.3, -0.25) is 14.3 Å². The van der Waals surface area contributed by atoms with Crippen molar-refractivity contribution >= 4 is 23.1 Å². The van der Waals surface area contributed by atoms with Crippen molar-refractivity contribution in [1.29, 1.82) is 0 Å². The summed E-state index contributed by atoms with van der Waals surface area (Å²) in [4.78, 5) is 28.4. The van der Waals surface area contributed by atoms with Gasteiger partial charge in [0.05, 0.1) is 18.5 Å². The Morgan fingerprint density at radius 1 is 1.14 bits per heavy atom. The predicted octanol–water partition coefficient (Wildman–Crippen LogP) is 6.29. The summed E-state index contributed by atoms with van der Waals surface area (Å²) in [6.45, 7) is 8.78. The lowest BCUT2D eigenvalue weighted by Gasteiger charge is -2.25. The topological polar surface area (TPSA) is 55.4 Å². The second-order valence-corrected chi connectivity index (χ2v) is 10.5. The summed E-state index contributed by atoms with van der Waals surface area (Å²) in [6.07, 6.45) is 9.82. The molecule has 3 aromatic rings. The van der Waals surface area contributed by atoms with E-state index in [0.717, 1.165) is 38.0 Å². The van der Waals surface area contributed by atoms with Crippen molar-refractivity contribution in [3.63, 3.8) is 0 Å². The van der Waals surface area contributed by atoms with Gasteiger partial charge >= 0.3 is 0 Å². The number of aromatic nitrogens is 3. The van der Waals surface area contributed by atoms with Gasteiger partial charge < -0.3 is 4.90 Å². The maximum Gasteiger partial charge on any atom is 0.279 e. The number of hydrogen-bond acceptors (Lipinski definition) is 4. The van der Waals surface area contributed by atoms with E-state index in [9.17, 15) is 9.18 Å². The molecular weight excluding hydrogens is 465 g/mol. The summed E-state index contributed by atoms with van der Waals surface area (Å²) in [6, 6.07) is 8.08. The first-order valence-electron chi connectivity index (χ1n) is 12.2. The molecule has 2 saturated carbocycles. The average Bonchev–Trinajstić information content (AvgIpc) is 3.49. The van der Waals surface area contributed by atoms with E-state index in [1.807, 2.05) is 12.1 Å². The molecule has 6 rings (SSSR count). The number of benzene rings is 1. The van der Waals surface area contributed by atoms with Crippen molar-refractivity contribution in [1.82, 2.24) is 14.5 Å². The quantitative estimate of drug-likeness (QED) is 0.404. The van der Waals surface area contributed by atoms with Crippen LogP contribution >= 0.6 is 11.6 Å². The number of anilines is 1. The molecule has 0 unspecified atom stereocenters. The van der Waals surface area contributed by atoms with E-state index in [1.165, 1.54) is 42.4 Å². The maximum absolute atomic E-state index is 14.6. The van der Waals surface area contributed by atoms with Crippen LogP contribution in [0.25, 0.3) is 21.9 Å². The molecule has 3 heterocycles. The van der Waals surface area contributed by atoms with Gasteiger partial charge in [0.25, 0.3) is 5.56 Å². The van der Waals surface area contributed by atoms with Gasteiger partial charge in [0.15, 0.2) is 5.82 Å². The second kappa shape index (κ2) is 8.46. The van der Waals surface area contributed by atoms with Crippen LogP contribution in [-0.4, -0.2) is 27.6 Å². The number of hydrogen-bond donors (Lipinski definition) is 0. The van der Waals surface area contributed by atoms with Crippen LogP contribution < -0.4 is 10.5 Å². The Bertz CT molecular complexity index is 1400. The number of pyridine rings is 1. The SMILES string of the molecule is [C-]#[N+]c1ccc(-c2nc(N3CCC4(CCCC4)C3)c(Cl)c(=O)n2-c2ccc(C3CC3)nc2)cc1F. The molecule has 3 fully saturated rings. The van der Waals surface area contributed by atoms with E-state index >= 15 is 0 Å². The largest absolute Gasteiger partial charge is 0.355 e.